The zero-order chi connectivity index (χ0) is 28.3. The molecule has 1 heterocycles. The third kappa shape index (κ3) is 5.88. The minimum Gasteiger partial charge on any atom is -0.352 e. The van der Waals surface area contributed by atoms with Crippen molar-refractivity contribution in [3.8, 4) is 0 Å². The monoisotopic (exact) mass is 589 g/mol. The number of hydrogen-bond donors (Lipinski definition) is 1. The van der Waals surface area contributed by atoms with E-state index in [-0.39, 0.29) is 48.7 Å². The standard InChI is InChI=1S/C29H33Cl2N3O4S/c1-4-19(3)32-29(36)24(5-2)33(18-21-22(30)12-8-13-23(21)31)27(35)16-9-17-34-25-14-6-10-20-11-7-15-26(28(20)25)39(34,37)38/h6-8,10-15,19,24H,4-5,9,16-18H2,1-3H3,(H,32,36)/t19-,24-/m0/s1. The summed E-state index contributed by atoms with van der Waals surface area (Å²) in [7, 11) is -3.72. The fraction of sp³-hybridized carbons (Fsp3) is 0.379. The number of carbonyl (C=O) groups excluding carboxylic acids is 2. The second-order valence-corrected chi connectivity index (χ2v) is 12.4. The molecule has 0 aliphatic carbocycles. The van der Waals surface area contributed by atoms with Crippen molar-refractivity contribution in [2.24, 2.45) is 0 Å². The molecule has 1 aliphatic heterocycles. The Morgan fingerprint density at radius 1 is 0.974 bits per heavy atom. The van der Waals surface area contributed by atoms with Crippen molar-refractivity contribution in [1.82, 2.24) is 10.2 Å². The number of rotatable bonds is 11. The van der Waals surface area contributed by atoms with Gasteiger partial charge in [-0.25, -0.2) is 8.42 Å². The Hall–Kier alpha value is -2.81. The first-order valence-corrected chi connectivity index (χ1v) is 15.4. The second kappa shape index (κ2) is 12.1. The van der Waals surface area contributed by atoms with E-state index in [0.717, 1.165) is 11.8 Å². The Morgan fingerprint density at radius 3 is 2.26 bits per heavy atom. The molecule has 0 saturated carbocycles. The zero-order valence-electron chi connectivity index (χ0n) is 22.3. The van der Waals surface area contributed by atoms with Gasteiger partial charge in [0.15, 0.2) is 0 Å². The minimum atomic E-state index is -3.72. The molecule has 208 valence electrons. The third-order valence-electron chi connectivity index (χ3n) is 7.21. The van der Waals surface area contributed by atoms with Crippen molar-refractivity contribution in [3.63, 3.8) is 0 Å². The van der Waals surface area contributed by atoms with Crippen LogP contribution in [0.25, 0.3) is 10.8 Å². The maximum Gasteiger partial charge on any atom is 0.265 e. The molecule has 0 fully saturated rings. The Bertz CT molecular complexity index is 1470. The maximum atomic E-state index is 13.7. The van der Waals surface area contributed by atoms with E-state index >= 15 is 0 Å². The van der Waals surface area contributed by atoms with Crippen molar-refractivity contribution in [2.45, 2.75) is 70.0 Å². The fourth-order valence-electron chi connectivity index (χ4n) is 4.93. The summed E-state index contributed by atoms with van der Waals surface area (Å²) in [6.07, 6.45) is 1.48. The van der Waals surface area contributed by atoms with Crippen LogP contribution in [0.15, 0.2) is 59.5 Å². The smallest absolute Gasteiger partial charge is 0.265 e. The van der Waals surface area contributed by atoms with Gasteiger partial charge in [0, 0.05) is 46.5 Å². The molecule has 0 radical (unpaired) electrons. The predicted molar refractivity (Wildman–Crippen MR) is 157 cm³/mol. The fourth-order valence-corrected chi connectivity index (χ4v) is 7.20. The average molecular weight is 591 g/mol. The van der Waals surface area contributed by atoms with Gasteiger partial charge in [-0.2, -0.15) is 0 Å². The van der Waals surface area contributed by atoms with Gasteiger partial charge in [0.05, 0.1) is 10.6 Å². The first-order chi connectivity index (χ1) is 18.6. The molecule has 3 aromatic carbocycles. The molecule has 0 unspecified atom stereocenters. The topological polar surface area (TPSA) is 86.8 Å². The lowest BCUT2D eigenvalue weighted by molar-refractivity contribution is -0.141. The summed E-state index contributed by atoms with van der Waals surface area (Å²) in [5.74, 6) is -0.517. The van der Waals surface area contributed by atoms with Crippen molar-refractivity contribution in [1.29, 1.82) is 0 Å². The minimum absolute atomic E-state index is 0.0443. The molecular weight excluding hydrogens is 557 g/mol. The van der Waals surface area contributed by atoms with Crippen LogP contribution in [0.2, 0.25) is 10.0 Å². The van der Waals surface area contributed by atoms with Crippen LogP contribution in [0.4, 0.5) is 5.69 Å². The molecule has 1 aliphatic rings. The molecule has 0 bridgehead atoms. The van der Waals surface area contributed by atoms with Gasteiger partial charge >= 0.3 is 0 Å². The Balaban J connectivity index is 1.55. The lowest BCUT2D eigenvalue weighted by atomic mass is 10.1. The van der Waals surface area contributed by atoms with E-state index in [0.29, 0.717) is 33.1 Å². The van der Waals surface area contributed by atoms with Gasteiger partial charge < -0.3 is 10.2 Å². The lowest BCUT2D eigenvalue weighted by Gasteiger charge is -2.32. The van der Waals surface area contributed by atoms with Gasteiger partial charge in [0.25, 0.3) is 10.0 Å². The van der Waals surface area contributed by atoms with E-state index in [2.05, 4.69) is 5.32 Å². The first kappa shape index (κ1) is 29.2. The number of carbonyl (C=O) groups is 2. The van der Waals surface area contributed by atoms with Crippen LogP contribution < -0.4 is 9.62 Å². The number of hydrogen-bond acceptors (Lipinski definition) is 4. The highest BCUT2D eigenvalue weighted by Gasteiger charge is 2.36. The molecule has 4 rings (SSSR count). The highest BCUT2D eigenvalue weighted by atomic mass is 35.5. The van der Waals surface area contributed by atoms with E-state index in [1.807, 2.05) is 39.0 Å². The molecule has 1 N–H and O–H groups in total. The summed E-state index contributed by atoms with van der Waals surface area (Å²) in [6, 6.07) is 15.1. The van der Waals surface area contributed by atoms with Gasteiger partial charge in [-0.1, -0.05) is 67.4 Å². The van der Waals surface area contributed by atoms with Crippen LogP contribution in [0.3, 0.4) is 0 Å². The van der Waals surface area contributed by atoms with E-state index in [4.69, 9.17) is 23.2 Å². The second-order valence-electron chi connectivity index (χ2n) is 9.78. The summed E-state index contributed by atoms with van der Waals surface area (Å²) in [4.78, 5) is 28.7. The highest BCUT2D eigenvalue weighted by molar-refractivity contribution is 7.93. The summed E-state index contributed by atoms with van der Waals surface area (Å²) in [6.45, 7) is 5.94. The summed E-state index contributed by atoms with van der Waals surface area (Å²) < 4.78 is 28.0. The normalized spacial score (nSPS) is 15.3. The number of sulfonamides is 1. The van der Waals surface area contributed by atoms with Crippen LogP contribution >= 0.6 is 23.2 Å². The number of halogens is 2. The molecule has 7 nitrogen and oxygen atoms in total. The van der Waals surface area contributed by atoms with Crippen LogP contribution in [0.5, 0.6) is 0 Å². The average Bonchev–Trinajstić information content (AvgIpc) is 3.13. The molecule has 0 saturated heterocycles. The van der Waals surface area contributed by atoms with Gasteiger partial charge in [-0.3, -0.25) is 13.9 Å². The number of amides is 2. The molecule has 3 aromatic rings. The lowest BCUT2D eigenvalue weighted by Crippen LogP contribution is -2.50. The Labute approximate surface area is 240 Å². The Kier molecular flexibility index (Phi) is 9.09. The van der Waals surface area contributed by atoms with Crippen molar-refractivity contribution >= 4 is 61.5 Å². The quantitative estimate of drug-likeness (QED) is 0.290. The molecule has 2 atom stereocenters. The maximum absolute atomic E-state index is 13.7. The van der Waals surface area contributed by atoms with Gasteiger partial charge in [0.2, 0.25) is 11.8 Å². The predicted octanol–water partition coefficient (Wildman–Crippen LogP) is 6.16. The van der Waals surface area contributed by atoms with Gasteiger partial charge in [0.1, 0.15) is 6.04 Å². The van der Waals surface area contributed by atoms with Gasteiger partial charge in [-0.05, 0) is 55.8 Å². The molecule has 2 amide bonds. The van der Waals surface area contributed by atoms with Crippen molar-refractivity contribution in [2.75, 3.05) is 10.8 Å². The molecule has 10 heteroatoms. The van der Waals surface area contributed by atoms with E-state index in [9.17, 15) is 18.0 Å². The summed E-state index contributed by atoms with van der Waals surface area (Å²) in [5.41, 5.74) is 1.18. The van der Waals surface area contributed by atoms with E-state index < -0.39 is 16.1 Å². The molecule has 0 aromatic heterocycles. The first-order valence-electron chi connectivity index (χ1n) is 13.2. The summed E-state index contributed by atoms with van der Waals surface area (Å²) >= 11 is 12.8. The highest BCUT2D eigenvalue weighted by Crippen LogP contribution is 2.42. The van der Waals surface area contributed by atoms with Crippen molar-refractivity contribution < 1.29 is 18.0 Å². The van der Waals surface area contributed by atoms with E-state index in [1.165, 1.54) is 9.21 Å². The zero-order valence-corrected chi connectivity index (χ0v) is 24.6. The van der Waals surface area contributed by atoms with Gasteiger partial charge in [-0.15, -0.1) is 0 Å². The summed E-state index contributed by atoms with van der Waals surface area (Å²) in [5, 5.41) is 5.35. The van der Waals surface area contributed by atoms with Crippen molar-refractivity contribution in [3.05, 3.63) is 70.2 Å². The molecular formula is C29H33Cl2N3O4S. The largest absolute Gasteiger partial charge is 0.352 e. The van der Waals surface area contributed by atoms with Crippen LogP contribution in [0, 0.1) is 0 Å². The number of benzene rings is 3. The molecule has 39 heavy (non-hydrogen) atoms. The number of nitrogens with one attached hydrogen (secondary N) is 1. The van der Waals surface area contributed by atoms with Crippen LogP contribution in [0.1, 0.15) is 52.0 Å². The SMILES string of the molecule is CC[C@H](C)NC(=O)[C@H](CC)N(Cc1c(Cl)cccc1Cl)C(=O)CCCN1c2cccc3cccc(c23)S1(=O)=O. The Morgan fingerprint density at radius 2 is 1.62 bits per heavy atom. The van der Waals surface area contributed by atoms with E-state index in [1.54, 1.807) is 36.4 Å². The molecule has 0 spiro atoms. The van der Waals surface area contributed by atoms with Crippen LogP contribution in [-0.4, -0.2) is 43.8 Å². The number of anilines is 1. The van der Waals surface area contributed by atoms with Crippen LogP contribution in [-0.2, 0) is 26.2 Å². The third-order valence-corrected chi connectivity index (χ3v) is 9.77. The number of nitrogens with zero attached hydrogens (tertiary/aromatic N) is 2.